The second kappa shape index (κ2) is 5.81. The molecule has 2 heterocycles. The van der Waals surface area contributed by atoms with E-state index in [1.165, 1.54) is 0 Å². The Morgan fingerprint density at radius 2 is 1.95 bits per heavy atom. The van der Waals surface area contributed by atoms with E-state index in [2.05, 4.69) is 10.3 Å². The van der Waals surface area contributed by atoms with Gasteiger partial charge in [0.05, 0.1) is 5.69 Å². The van der Waals surface area contributed by atoms with Gasteiger partial charge in [0.2, 0.25) is 11.7 Å². The lowest BCUT2D eigenvalue weighted by molar-refractivity contribution is -0.120. The van der Waals surface area contributed by atoms with Crippen LogP contribution in [0.25, 0.3) is 5.57 Å². The van der Waals surface area contributed by atoms with Crippen molar-refractivity contribution in [3.05, 3.63) is 70.3 Å². The maximum absolute atomic E-state index is 12.8. The van der Waals surface area contributed by atoms with Crippen LogP contribution in [0.15, 0.2) is 48.5 Å². The van der Waals surface area contributed by atoms with Crippen LogP contribution in [-0.4, -0.2) is 17.8 Å². The van der Waals surface area contributed by atoms with Gasteiger partial charge in [-0.15, -0.1) is 0 Å². The van der Waals surface area contributed by atoms with E-state index in [0.717, 1.165) is 11.1 Å². The lowest BCUT2D eigenvalue weighted by Crippen LogP contribution is -2.10. The maximum Gasteiger partial charge on any atom is 0.215 e. The minimum atomic E-state index is -0.654. The first-order valence-electron chi connectivity index (χ1n) is 6.91. The minimum absolute atomic E-state index is 0.122. The molecule has 0 fully saturated rings. The smallest absolute Gasteiger partial charge is 0.215 e. The number of carbonyl (C=O) groups excluding carboxylic acids is 1. The van der Waals surface area contributed by atoms with Crippen LogP contribution in [0.2, 0.25) is 5.02 Å². The SMILES string of the molecule is CNC1=C(c2cc(Cl)ccn2)C(=O)[C@@H](c2ccc(C)cc2)O1. The number of nitrogens with one attached hydrogen (secondary N) is 1. The summed E-state index contributed by atoms with van der Waals surface area (Å²) in [5, 5.41) is 3.45. The molecule has 1 N–H and O–H groups in total. The summed E-state index contributed by atoms with van der Waals surface area (Å²) >= 11 is 6.00. The van der Waals surface area contributed by atoms with Gasteiger partial charge in [-0.2, -0.15) is 0 Å². The summed E-state index contributed by atoms with van der Waals surface area (Å²) in [6, 6.07) is 11.1. The Kier molecular flexibility index (Phi) is 3.86. The lowest BCUT2D eigenvalue weighted by Gasteiger charge is -2.11. The highest BCUT2D eigenvalue weighted by Gasteiger charge is 2.37. The Labute approximate surface area is 133 Å². The molecule has 0 aliphatic carbocycles. The molecule has 0 saturated carbocycles. The molecule has 0 bridgehead atoms. The molecule has 0 radical (unpaired) electrons. The number of aryl methyl sites for hydroxylation is 1. The molecule has 3 rings (SSSR count). The molecule has 1 aliphatic rings. The van der Waals surface area contributed by atoms with Crippen molar-refractivity contribution in [2.75, 3.05) is 7.05 Å². The highest BCUT2D eigenvalue weighted by atomic mass is 35.5. The number of ether oxygens (including phenoxy) is 1. The Balaban J connectivity index is 1.99. The van der Waals surface area contributed by atoms with Gasteiger partial charge >= 0.3 is 0 Å². The zero-order chi connectivity index (χ0) is 15.7. The van der Waals surface area contributed by atoms with Crippen LogP contribution in [0, 0.1) is 6.92 Å². The number of hydrogen-bond acceptors (Lipinski definition) is 4. The number of halogens is 1. The second-order valence-corrected chi connectivity index (χ2v) is 5.52. The van der Waals surface area contributed by atoms with E-state index in [1.54, 1.807) is 25.4 Å². The predicted octanol–water partition coefficient (Wildman–Crippen LogP) is 3.27. The summed E-state index contributed by atoms with van der Waals surface area (Å²) < 4.78 is 5.79. The molecule has 0 spiro atoms. The van der Waals surface area contributed by atoms with Crippen LogP contribution in [0.3, 0.4) is 0 Å². The normalized spacial score (nSPS) is 17.6. The van der Waals surface area contributed by atoms with E-state index in [0.29, 0.717) is 22.2 Å². The van der Waals surface area contributed by atoms with Gasteiger partial charge in [0.1, 0.15) is 5.57 Å². The monoisotopic (exact) mass is 314 g/mol. The summed E-state index contributed by atoms with van der Waals surface area (Å²) in [7, 11) is 1.71. The number of carbonyl (C=O) groups is 1. The van der Waals surface area contributed by atoms with Crippen LogP contribution in [0.4, 0.5) is 0 Å². The van der Waals surface area contributed by atoms with Gasteiger partial charge in [-0.3, -0.25) is 9.78 Å². The number of nitrogens with zero attached hydrogens (tertiary/aromatic N) is 1. The van der Waals surface area contributed by atoms with Crippen LogP contribution in [0.1, 0.15) is 22.9 Å². The highest BCUT2D eigenvalue weighted by Crippen LogP contribution is 2.36. The van der Waals surface area contributed by atoms with Crippen LogP contribution >= 0.6 is 11.6 Å². The Bertz CT molecular complexity index is 754. The molecule has 5 heteroatoms. The Hall–Kier alpha value is -2.33. The zero-order valence-electron chi connectivity index (χ0n) is 12.3. The molecule has 1 aromatic heterocycles. The molecule has 1 aromatic carbocycles. The second-order valence-electron chi connectivity index (χ2n) is 5.09. The fourth-order valence-corrected chi connectivity index (χ4v) is 2.56. The summed E-state index contributed by atoms with van der Waals surface area (Å²) in [5.41, 5.74) is 2.89. The molecule has 22 heavy (non-hydrogen) atoms. The lowest BCUT2D eigenvalue weighted by atomic mass is 9.99. The zero-order valence-corrected chi connectivity index (χ0v) is 13.0. The molecule has 0 saturated heterocycles. The first-order valence-corrected chi connectivity index (χ1v) is 7.29. The van der Waals surface area contributed by atoms with E-state index < -0.39 is 6.10 Å². The number of aromatic nitrogens is 1. The Morgan fingerprint density at radius 3 is 2.59 bits per heavy atom. The van der Waals surface area contributed by atoms with E-state index in [-0.39, 0.29) is 5.78 Å². The largest absolute Gasteiger partial charge is 0.462 e. The molecule has 0 amide bonds. The van der Waals surface area contributed by atoms with Crippen molar-refractivity contribution >= 4 is 23.0 Å². The molecular formula is C17H15ClN2O2. The van der Waals surface area contributed by atoms with Crippen LogP contribution in [0.5, 0.6) is 0 Å². The number of pyridine rings is 1. The molecule has 4 nitrogen and oxygen atoms in total. The third-order valence-corrected chi connectivity index (χ3v) is 3.77. The van der Waals surface area contributed by atoms with Gasteiger partial charge in [0.25, 0.3) is 0 Å². The quantitative estimate of drug-likeness (QED) is 0.944. The predicted molar refractivity (Wildman–Crippen MR) is 85.2 cm³/mol. The van der Waals surface area contributed by atoms with Crippen molar-refractivity contribution in [1.82, 2.24) is 10.3 Å². The first-order chi connectivity index (χ1) is 10.6. The van der Waals surface area contributed by atoms with Crippen molar-refractivity contribution in [3.63, 3.8) is 0 Å². The number of rotatable bonds is 3. The van der Waals surface area contributed by atoms with E-state index in [1.807, 2.05) is 31.2 Å². The topological polar surface area (TPSA) is 51.2 Å². The number of Topliss-reactive ketones (excluding diaryl/α,β-unsaturated/α-hetero) is 1. The van der Waals surface area contributed by atoms with E-state index in [9.17, 15) is 4.79 Å². The van der Waals surface area contributed by atoms with Crippen molar-refractivity contribution in [3.8, 4) is 0 Å². The summed E-state index contributed by atoms with van der Waals surface area (Å²) in [4.78, 5) is 17.0. The van der Waals surface area contributed by atoms with E-state index in [4.69, 9.17) is 16.3 Å². The van der Waals surface area contributed by atoms with Crippen molar-refractivity contribution in [1.29, 1.82) is 0 Å². The van der Waals surface area contributed by atoms with Gasteiger partial charge in [0.15, 0.2) is 6.10 Å². The van der Waals surface area contributed by atoms with Gasteiger partial charge < -0.3 is 10.1 Å². The third-order valence-electron chi connectivity index (χ3n) is 3.53. The summed E-state index contributed by atoms with van der Waals surface area (Å²) in [5.74, 6) is 0.299. The minimum Gasteiger partial charge on any atom is -0.462 e. The highest BCUT2D eigenvalue weighted by molar-refractivity contribution is 6.31. The fourth-order valence-electron chi connectivity index (χ4n) is 2.40. The van der Waals surface area contributed by atoms with Gasteiger partial charge in [-0.05, 0) is 19.1 Å². The maximum atomic E-state index is 12.8. The first kappa shape index (κ1) is 14.6. The van der Waals surface area contributed by atoms with Gasteiger partial charge in [0, 0.05) is 23.8 Å². The molecule has 1 atom stereocenters. The fraction of sp³-hybridized carbons (Fsp3) is 0.176. The number of benzene rings is 1. The van der Waals surface area contributed by atoms with E-state index >= 15 is 0 Å². The van der Waals surface area contributed by atoms with Crippen molar-refractivity contribution in [2.24, 2.45) is 0 Å². The van der Waals surface area contributed by atoms with Crippen molar-refractivity contribution in [2.45, 2.75) is 13.0 Å². The molecule has 112 valence electrons. The van der Waals surface area contributed by atoms with Crippen molar-refractivity contribution < 1.29 is 9.53 Å². The van der Waals surface area contributed by atoms with Gasteiger partial charge in [-0.1, -0.05) is 41.4 Å². The van der Waals surface area contributed by atoms with Crippen LogP contribution < -0.4 is 5.32 Å². The number of ketones is 1. The third kappa shape index (κ3) is 2.57. The molecule has 1 aliphatic heterocycles. The van der Waals surface area contributed by atoms with Crippen LogP contribution in [-0.2, 0) is 9.53 Å². The summed E-state index contributed by atoms with van der Waals surface area (Å²) in [6.07, 6.45) is 0.920. The molecule has 0 unspecified atom stereocenters. The number of hydrogen-bond donors (Lipinski definition) is 1. The Morgan fingerprint density at radius 1 is 1.23 bits per heavy atom. The summed E-state index contributed by atoms with van der Waals surface area (Å²) in [6.45, 7) is 2.00. The average molecular weight is 315 g/mol. The average Bonchev–Trinajstić information content (AvgIpc) is 2.85. The molecule has 2 aromatic rings. The standard InChI is InChI=1S/C17H15ClN2O2/c1-10-3-5-11(6-4-10)16-15(21)14(17(19-2)22-16)13-9-12(18)7-8-20-13/h3-9,16,19H,1-2H3/t16-/m1/s1. The van der Waals surface area contributed by atoms with Gasteiger partial charge in [-0.25, -0.2) is 0 Å². The molecular weight excluding hydrogens is 300 g/mol.